The Morgan fingerprint density at radius 3 is 2.70 bits per heavy atom. The van der Waals surface area contributed by atoms with Crippen molar-refractivity contribution in [2.75, 3.05) is 6.54 Å². The zero-order chi connectivity index (χ0) is 19.8. The lowest BCUT2D eigenvalue weighted by Gasteiger charge is -2.26. The summed E-state index contributed by atoms with van der Waals surface area (Å²) in [7, 11) is 0. The summed E-state index contributed by atoms with van der Waals surface area (Å²) >= 11 is 0. The van der Waals surface area contributed by atoms with Gasteiger partial charge in [0.05, 0.1) is 6.07 Å². The Morgan fingerprint density at radius 1 is 1.37 bits per heavy atom. The molecule has 8 heteroatoms. The Bertz CT molecular complexity index is 716. The van der Waals surface area contributed by atoms with Crippen LogP contribution in [0.3, 0.4) is 0 Å². The number of ether oxygens (including phenoxy) is 1. The first-order valence-corrected chi connectivity index (χ1v) is 8.88. The van der Waals surface area contributed by atoms with Crippen LogP contribution in [0.5, 0.6) is 0 Å². The van der Waals surface area contributed by atoms with Gasteiger partial charge in [-0.25, -0.2) is 4.79 Å². The van der Waals surface area contributed by atoms with Gasteiger partial charge in [0.15, 0.2) is 0 Å². The average Bonchev–Trinajstić information content (AvgIpc) is 3.14. The van der Waals surface area contributed by atoms with Gasteiger partial charge in [0, 0.05) is 13.0 Å². The van der Waals surface area contributed by atoms with Gasteiger partial charge >= 0.3 is 6.09 Å². The van der Waals surface area contributed by atoms with Gasteiger partial charge in [0.2, 0.25) is 11.8 Å². The smallest absolute Gasteiger partial charge is 0.410 e. The highest BCUT2D eigenvalue weighted by Crippen LogP contribution is 2.20. The maximum absolute atomic E-state index is 12.6. The quantitative estimate of drug-likeness (QED) is 0.746. The fourth-order valence-corrected chi connectivity index (χ4v) is 3.07. The Balaban J connectivity index is 1.97. The molecule has 0 spiro atoms. The number of hydrogen-bond donors (Lipinski definition) is 2. The van der Waals surface area contributed by atoms with Crippen molar-refractivity contribution >= 4 is 17.9 Å². The first-order chi connectivity index (χ1) is 12.9. The van der Waals surface area contributed by atoms with E-state index in [9.17, 15) is 14.4 Å². The molecule has 0 unspecified atom stereocenters. The monoisotopic (exact) mass is 372 g/mol. The van der Waals surface area contributed by atoms with Crippen molar-refractivity contribution in [1.29, 1.82) is 5.26 Å². The minimum absolute atomic E-state index is 0.0847. The molecule has 2 rings (SSSR count). The van der Waals surface area contributed by atoms with Crippen molar-refractivity contribution in [2.24, 2.45) is 11.7 Å². The number of nitrogens with zero attached hydrogens (tertiary/aromatic N) is 2. The van der Waals surface area contributed by atoms with E-state index in [4.69, 9.17) is 15.7 Å². The summed E-state index contributed by atoms with van der Waals surface area (Å²) in [5.41, 5.74) is 6.21. The number of hydrogen-bond acceptors (Lipinski definition) is 5. The molecule has 1 fully saturated rings. The lowest BCUT2D eigenvalue weighted by Crippen LogP contribution is -2.54. The van der Waals surface area contributed by atoms with Crippen molar-refractivity contribution in [2.45, 2.75) is 44.9 Å². The number of rotatable bonds is 7. The number of nitrogens with one attached hydrogen (secondary N) is 1. The van der Waals surface area contributed by atoms with E-state index in [1.165, 1.54) is 4.90 Å². The maximum Gasteiger partial charge on any atom is 0.410 e. The predicted octanol–water partition coefficient (Wildman–Crippen LogP) is 1.31. The summed E-state index contributed by atoms with van der Waals surface area (Å²) in [6.45, 7) is 2.19. The first kappa shape index (κ1) is 20.2. The second-order valence-corrected chi connectivity index (χ2v) is 6.62. The number of primary amides is 1. The molecule has 27 heavy (non-hydrogen) atoms. The van der Waals surface area contributed by atoms with Crippen LogP contribution in [0.1, 0.15) is 31.7 Å². The van der Waals surface area contributed by atoms with Crippen LogP contribution in [0.2, 0.25) is 0 Å². The summed E-state index contributed by atoms with van der Waals surface area (Å²) < 4.78 is 5.30. The van der Waals surface area contributed by atoms with Crippen LogP contribution in [-0.2, 0) is 20.9 Å². The minimum Gasteiger partial charge on any atom is -0.445 e. The third-order valence-electron chi connectivity index (χ3n) is 4.58. The molecule has 1 aromatic rings. The second kappa shape index (κ2) is 9.57. The Kier molecular flexibility index (Phi) is 7.17. The van der Waals surface area contributed by atoms with E-state index in [-0.39, 0.29) is 13.0 Å². The highest BCUT2D eigenvalue weighted by molar-refractivity contribution is 5.91. The summed E-state index contributed by atoms with van der Waals surface area (Å²) in [5.74, 6) is -1.59. The van der Waals surface area contributed by atoms with Crippen LogP contribution < -0.4 is 11.1 Å². The molecule has 1 aliphatic heterocycles. The summed E-state index contributed by atoms with van der Waals surface area (Å²) in [6, 6.07) is 9.54. The molecule has 8 nitrogen and oxygen atoms in total. The Morgan fingerprint density at radius 2 is 2.07 bits per heavy atom. The molecule has 0 aromatic heterocycles. The maximum atomic E-state index is 12.6. The molecule has 0 saturated carbocycles. The number of carbonyl (C=O) groups excluding carboxylic acids is 3. The Labute approximate surface area is 158 Å². The highest BCUT2D eigenvalue weighted by atomic mass is 16.6. The number of likely N-dealkylation sites (tertiary alicyclic amines) is 1. The standard InChI is InChI=1S/C19H24N4O4/c1-13(9-10-20)16(17(21)24)22-18(25)15-8-5-11-23(15)19(26)27-12-14-6-3-2-4-7-14/h2-4,6-7,13,15-16H,5,8-9,11-12H2,1H3,(H2,21,24)(H,22,25)/t13-,15-,16-/m1/s1. The van der Waals surface area contributed by atoms with E-state index in [0.29, 0.717) is 19.4 Å². The average molecular weight is 372 g/mol. The number of carbonyl (C=O) groups is 3. The van der Waals surface area contributed by atoms with Crippen molar-refractivity contribution in [3.63, 3.8) is 0 Å². The molecular weight excluding hydrogens is 348 g/mol. The highest BCUT2D eigenvalue weighted by Gasteiger charge is 2.37. The third kappa shape index (κ3) is 5.45. The molecule has 0 radical (unpaired) electrons. The van der Waals surface area contributed by atoms with Gasteiger partial charge in [0.25, 0.3) is 0 Å². The van der Waals surface area contributed by atoms with Gasteiger partial charge in [-0.1, -0.05) is 37.3 Å². The van der Waals surface area contributed by atoms with Crippen LogP contribution in [0.25, 0.3) is 0 Å². The number of amides is 3. The molecule has 3 N–H and O–H groups in total. The number of benzene rings is 1. The molecule has 0 bridgehead atoms. The van der Waals surface area contributed by atoms with E-state index < -0.39 is 35.9 Å². The molecule has 1 aliphatic rings. The summed E-state index contributed by atoms with van der Waals surface area (Å²) in [5, 5.41) is 11.4. The molecule has 0 aliphatic carbocycles. The van der Waals surface area contributed by atoms with Gasteiger partial charge < -0.3 is 15.8 Å². The molecule has 144 valence electrons. The van der Waals surface area contributed by atoms with E-state index in [2.05, 4.69) is 5.32 Å². The molecule has 3 atom stereocenters. The summed E-state index contributed by atoms with van der Waals surface area (Å²) in [4.78, 5) is 38.0. The lowest BCUT2D eigenvalue weighted by atomic mass is 9.98. The second-order valence-electron chi connectivity index (χ2n) is 6.62. The Hall–Kier alpha value is -3.08. The van der Waals surface area contributed by atoms with Crippen LogP contribution in [0.4, 0.5) is 4.79 Å². The summed E-state index contributed by atoms with van der Waals surface area (Å²) in [6.07, 6.45) is 0.649. The fraction of sp³-hybridized carbons (Fsp3) is 0.474. The van der Waals surface area contributed by atoms with Crippen molar-refractivity contribution in [3.05, 3.63) is 35.9 Å². The van der Waals surface area contributed by atoms with Gasteiger partial charge in [-0.3, -0.25) is 14.5 Å². The SMILES string of the molecule is C[C@H](CC#N)[C@@H](NC(=O)[C@H]1CCCN1C(=O)OCc1ccccc1)C(N)=O. The van der Waals surface area contributed by atoms with Gasteiger partial charge in [-0.05, 0) is 24.3 Å². The third-order valence-corrected chi connectivity index (χ3v) is 4.58. The van der Waals surface area contributed by atoms with Crippen LogP contribution >= 0.6 is 0 Å². The molecule has 1 heterocycles. The van der Waals surface area contributed by atoms with Crippen molar-refractivity contribution in [1.82, 2.24) is 10.2 Å². The van der Waals surface area contributed by atoms with Crippen molar-refractivity contribution in [3.8, 4) is 6.07 Å². The van der Waals surface area contributed by atoms with E-state index in [1.54, 1.807) is 6.92 Å². The largest absolute Gasteiger partial charge is 0.445 e. The van der Waals surface area contributed by atoms with Crippen LogP contribution in [-0.4, -0.2) is 41.4 Å². The van der Waals surface area contributed by atoms with Gasteiger partial charge in [-0.2, -0.15) is 5.26 Å². The molecule has 3 amide bonds. The van der Waals surface area contributed by atoms with Gasteiger partial charge in [0.1, 0.15) is 18.7 Å². The van der Waals surface area contributed by atoms with Crippen molar-refractivity contribution < 1.29 is 19.1 Å². The molecule has 1 aromatic carbocycles. The van der Waals surface area contributed by atoms with Crippen LogP contribution in [0, 0.1) is 17.2 Å². The normalized spacial score (nSPS) is 18.2. The van der Waals surface area contributed by atoms with E-state index in [0.717, 1.165) is 5.56 Å². The predicted molar refractivity (Wildman–Crippen MR) is 96.9 cm³/mol. The fourth-order valence-electron chi connectivity index (χ4n) is 3.07. The molecular formula is C19H24N4O4. The molecule has 1 saturated heterocycles. The number of nitriles is 1. The lowest BCUT2D eigenvalue weighted by molar-refractivity contribution is -0.130. The van der Waals surface area contributed by atoms with E-state index in [1.807, 2.05) is 36.4 Å². The topological polar surface area (TPSA) is 126 Å². The van der Waals surface area contributed by atoms with Gasteiger partial charge in [-0.15, -0.1) is 0 Å². The van der Waals surface area contributed by atoms with E-state index >= 15 is 0 Å². The minimum atomic E-state index is -0.958. The zero-order valence-corrected chi connectivity index (χ0v) is 15.3. The zero-order valence-electron chi connectivity index (χ0n) is 15.3. The number of nitrogens with two attached hydrogens (primary N) is 1. The first-order valence-electron chi connectivity index (χ1n) is 8.88. The van der Waals surface area contributed by atoms with Crippen LogP contribution in [0.15, 0.2) is 30.3 Å².